The molecule has 1 saturated carbocycles. The zero-order valence-electron chi connectivity index (χ0n) is 8.97. The van der Waals surface area contributed by atoms with Crippen LogP contribution >= 0.6 is 0 Å². The normalized spacial score (nSPS) is 31.3. The topological polar surface area (TPSA) is 29.1 Å². The van der Waals surface area contributed by atoms with E-state index >= 15 is 0 Å². The molecule has 76 valence electrons. The number of ketones is 1. The van der Waals surface area contributed by atoms with Crippen molar-refractivity contribution in [1.29, 1.82) is 0 Å². The molecule has 0 aromatic carbocycles. The molecule has 1 aliphatic carbocycles. The predicted molar refractivity (Wildman–Crippen MR) is 54.7 cm³/mol. The largest absolute Gasteiger partial charge is 0.310 e. The van der Waals surface area contributed by atoms with E-state index in [2.05, 4.69) is 12.2 Å². The molecule has 2 heteroatoms. The van der Waals surface area contributed by atoms with Crippen molar-refractivity contribution in [1.82, 2.24) is 5.32 Å². The summed E-state index contributed by atoms with van der Waals surface area (Å²) in [5.41, 5.74) is 0. The fourth-order valence-corrected chi connectivity index (χ4v) is 2.39. The van der Waals surface area contributed by atoms with Crippen LogP contribution in [0.4, 0.5) is 0 Å². The van der Waals surface area contributed by atoms with Gasteiger partial charge in [0.1, 0.15) is 5.78 Å². The minimum Gasteiger partial charge on any atom is -0.310 e. The summed E-state index contributed by atoms with van der Waals surface area (Å²) in [6, 6.07) is 0.104. The van der Waals surface area contributed by atoms with Gasteiger partial charge in [-0.2, -0.15) is 0 Å². The Morgan fingerprint density at radius 1 is 1.31 bits per heavy atom. The summed E-state index contributed by atoms with van der Waals surface area (Å²) >= 11 is 0. The van der Waals surface area contributed by atoms with Crippen molar-refractivity contribution in [2.45, 2.75) is 45.6 Å². The number of likely N-dealkylation sites (N-methyl/N-ethyl adjacent to an activating group) is 1. The summed E-state index contributed by atoms with van der Waals surface area (Å²) in [5, 5.41) is 3.14. The number of rotatable bonds is 3. The number of nitrogens with one attached hydrogen (secondary N) is 1. The lowest BCUT2D eigenvalue weighted by Gasteiger charge is -2.31. The van der Waals surface area contributed by atoms with E-state index in [0.29, 0.717) is 11.7 Å². The first-order chi connectivity index (χ1) is 6.15. The minimum absolute atomic E-state index is 0.104. The lowest BCUT2D eigenvalue weighted by molar-refractivity contribution is -0.120. The van der Waals surface area contributed by atoms with E-state index in [1.807, 2.05) is 7.05 Å². The van der Waals surface area contributed by atoms with Gasteiger partial charge in [0.25, 0.3) is 0 Å². The molecule has 13 heavy (non-hydrogen) atoms. The van der Waals surface area contributed by atoms with Crippen LogP contribution in [-0.4, -0.2) is 18.9 Å². The lowest BCUT2D eigenvalue weighted by Crippen LogP contribution is -2.41. The van der Waals surface area contributed by atoms with E-state index in [0.717, 1.165) is 5.92 Å². The van der Waals surface area contributed by atoms with Crippen LogP contribution in [-0.2, 0) is 4.79 Å². The van der Waals surface area contributed by atoms with Gasteiger partial charge in [0.15, 0.2) is 0 Å². The Balaban J connectivity index is 2.46. The Hall–Kier alpha value is -0.370. The van der Waals surface area contributed by atoms with Gasteiger partial charge >= 0.3 is 0 Å². The predicted octanol–water partition coefficient (Wildman–Crippen LogP) is 1.99. The third-order valence-corrected chi connectivity index (χ3v) is 3.28. The van der Waals surface area contributed by atoms with Crippen LogP contribution in [0, 0.1) is 11.8 Å². The monoisotopic (exact) mass is 183 g/mol. The maximum absolute atomic E-state index is 11.3. The first-order valence-electron chi connectivity index (χ1n) is 5.33. The third kappa shape index (κ3) is 2.80. The smallest absolute Gasteiger partial charge is 0.146 e. The Labute approximate surface area is 81.1 Å². The molecule has 1 fully saturated rings. The highest BCUT2D eigenvalue weighted by molar-refractivity contribution is 5.81. The molecule has 0 heterocycles. The van der Waals surface area contributed by atoms with Crippen molar-refractivity contribution in [3.05, 3.63) is 0 Å². The number of Topliss-reactive ketones (excluding diaryl/α,β-unsaturated/α-hetero) is 1. The fourth-order valence-electron chi connectivity index (χ4n) is 2.39. The molecule has 2 nitrogen and oxygen atoms in total. The van der Waals surface area contributed by atoms with Crippen LogP contribution in [0.3, 0.4) is 0 Å². The lowest BCUT2D eigenvalue weighted by atomic mass is 9.78. The summed E-state index contributed by atoms with van der Waals surface area (Å²) in [4.78, 5) is 11.3. The summed E-state index contributed by atoms with van der Waals surface area (Å²) in [7, 11) is 1.89. The Kier molecular flexibility index (Phi) is 3.91. The van der Waals surface area contributed by atoms with Gasteiger partial charge in [0, 0.05) is 0 Å². The van der Waals surface area contributed by atoms with Gasteiger partial charge in [-0.05, 0) is 38.6 Å². The van der Waals surface area contributed by atoms with Crippen molar-refractivity contribution in [2.75, 3.05) is 7.05 Å². The van der Waals surface area contributed by atoms with Crippen molar-refractivity contribution in [2.24, 2.45) is 11.8 Å². The fraction of sp³-hybridized carbons (Fsp3) is 0.909. The maximum Gasteiger partial charge on any atom is 0.146 e. The number of carbonyl (C=O) groups is 1. The van der Waals surface area contributed by atoms with Gasteiger partial charge in [-0.1, -0.05) is 19.8 Å². The quantitative estimate of drug-likeness (QED) is 0.725. The van der Waals surface area contributed by atoms with Crippen LogP contribution in [0.1, 0.15) is 39.5 Å². The molecular weight excluding hydrogens is 162 g/mol. The second-order valence-corrected chi connectivity index (χ2v) is 4.40. The van der Waals surface area contributed by atoms with Gasteiger partial charge in [-0.3, -0.25) is 4.79 Å². The highest BCUT2D eigenvalue weighted by atomic mass is 16.1. The molecule has 0 radical (unpaired) electrons. The SMILES string of the molecule is CNC(C(C)=O)C1CCC(C)CC1. The van der Waals surface area contributed by atoms with Gasteiger partial charge in [-0.15, -0.1) is 0 Å². The van der Waals surface area contributed by atoms with Crippen molar-refractivity contribution >= 4 is 5.78 Å². The number of carbonyl (C=O) groups excluding carboxylic acids is 1. The Bertz CT molecular complexity index is 171. The summed E-state index contributed by atoms with van der Waals surface area (Å²) in [6.07, 6.45) is 5.00. The second kappa shape index (κ2) is 4.75. The van der Waals surface area contributed by atoms with Crippen LogP contribution in [0.25, 0.3) is 0 Å². The molecule has 0 bridgehead atoms. The molecular formula is C11H21NO. The molecule has 1 rings (SSSR count). The molecule has 0 aromatic rings. The third-order valence-electron chi connectivity index (χ3n) is 3.28. The van der Waals surface area contributed by atoms with Gasteiger partial charge < -0.3 is 5.32 Å². The average molecular weight is 183 g/mol. The standard InChI is InChI=1S/C11H21NO/c1-8-4-6-10(7-5-8)11(12-3)9(2)13/h8,10-12H,4-7H2,1-3H3. The molecule has 0 aliphatic heterocycles. The summed E-state index contributed by atoms with van der Waals surface area (Å²) in [5.74, 6) is 1.74. The Morgan fingerprint density at radius 3 is 2.23 bits per heavy atom. The highest BCUT2D eigenvalue weighted by Gasteiger charge is 2.27. The van der Waals surface area contributed by atoms with E-state index in [1.54, 1.807) is 6.92 Å². The highest BCUT2D eigenvalue weighted by Crippen LogP contribution is 2.30. The minimum atomic E-state index is 0.104. The van der Waals surface area contributed by atoms with Gasteiger partial charge in [0.2, 0.25) is 0 Å². The molecule has 1 unspecified atom stereocenters. The van der Waals surface area contributed by atoms with E-state index in [-0.39, 0.29) is 6.04 Å². The second-order valence-electron chi connectivity index (χ2n) is 4.40. The maximum atomic E-state index is 11.3. The van der Waals surface area contributed by atoms with Crippen LogP contribution in [0.15, 0.2) is 0 Å². The molecule has 0 spiro atoms. The van der Waals surface area contributed by atoms with Crippen molar-refractivity contribution in [3.63, 3.8) is 0 Å². The number of hydrogen-bond acceptors (Lipinski definition) is 2. The Morgan fingerprint density at radius 2 is 1.85 bits per heavy atom. The van der Waals surface area contributed by atoms with Crippen LogP contribution in [0.2, 0.25) is 0 Å². The van der Waals surface area contributed by atoms with E-state index < -0.39 is 0 Å². The molecule has 1 aliphatic rings. The average Bonchev–Trinajstić information content (AvgIpc) is 2.09. The molecule has 0 saturated heterocycles. The zero-order chi connectivity index (χ0) is 9.84. The molecule has 0 amide bonds. The summed E-state index contributed by atoms with van der Waals surface area (Å²) < 4.78 is 0. The zero-order valence-corrected chi connectivity index (χ0v) is 8.97. The van der Waals surface area contributed by atoms with Gasteiger partial charge in [0.05, 0.1) is 6.04 Å². The van der Waals surface area contributed by atoms with E-state index in [9.17, 15) is 4.79 Å². The van der Waals surface area contributed by atoms with E-state index in [4.69, 9.17) is 0 Å². The van der Waals surface area contributed by atoms with Crippen LogP contribution in [0.5, 0.6) is 0 Å². The number of hydrogen-bond donors (Lipinski definition) is 1. The summed E-state index contributed by atoms with van der Waals surface area (Å²) in [6.45, 7) is 4.00. The van der Waals surface area contributed by atoms with Gasteiger partial charge in [-0.25, -0.2) is 0 Å². The first kappa shape index (κ1) is 10.7. The van der Waals surface area contributed by atoms with Crippen molar-refractivity contribution < 1.29 is 4.79 Å². The van der Waals surface area contributed by atoms with Crippen LogP contribution < -0.4 is 5.32 Å². The molecule has 0 aromatic heterocycles. The molecule has 1 N–H and O–H groups in total. The van der Waals surface area contributed by atoms with E-state index in [1.165, 1.54) is 25.7 Å². The molecule has 1 atom stereocenters. The first-order valence-corrected chi connectivity index (χ1v) is 5.33. The van der Waals surface area contributed by atoms with Crippen molar-refractivity contribution in [3.8, 4) is 0 Å².